The Balaban J connectivity index is 1.64. The van der Waals surface area contributed by atoms with E-state index >= 15 is 0 Å². The van der Waals surface area contributed by atoms with Gasteiger partial charge >= 0.3 is 0 Å². The zero-order chi connectivity index (χ0) is 13.1. The van der Waals surface area contributed by atoms with Crippen molar-refractivity contribution in [1.29, 1.82) is 0 Å². The van der Waals surface area contributed by atoms with Crippen molar-refractivity contribution in [3.63, 3.8) is 0 Å². The molecular weight excluding hydrogens is 240 g/mol. The van der Waals surface area contributed by atoms with Crippen molar-refractivity contribution in [3.8, 4) is 0 Å². The molecule has 2 aromatic heterocycles. The van der Waals surface area contributed by atoms with Gasteiger partial charge in [0, 0.05) is 18.4 Å². The predicted molar refractivity (Wildman–Crippen MR) is 71.6 cm³/mol. The van der Waals surface area contributed by atoms with Crippen LogP contribution in [0, 0.1) is 6.92 Å². The van der Waals surface area contributed by atoms with Crippen molar-refractivity contribution in [2.45, 2.75) is 51.2 Å². The van der Waals surface area contributed by atoms with Crippen molar-refractivity contribution < 1.29 is 4.42 Å². The highest BCUT2D eigenvalue weighted by Crippen LogP contribution is 2.28. The zero-order valence-electron chi connectivity index (χ0n) is 11.2. The number of aryl methyl sites for hydroxylation is 1. The van der Waals surface area contributed by atoms with Crippen LogP contribution in [0.1, 0.15) is 43.4 Å². The molecule has 5 nitrogen and oxygen atoms in total. The van der Waals surface area contributed by atoms with Crippen LogP contribution in [-0.4, -0.2) is 20.8 Å². The Morgan fingerprint density at radius 2 is 2.32 bits per heavy atom. The van der Waals surface area contributed by atoms with E-state index in [2.05, 4.69) is 26.3 Å². The molecule has 0 saturated heterocycles. The summed E-state index contributed by atoms with van der Waals surface area (Å²) >= 11 is 0. The van der Waals surface area contributed by atoms with Crippen LogP contribution in [0.2, 0.25) is 0 Å². The molecule has 0 aromatic carbocycles. The molecular formula is C14H20N4O. The van der Waals surface area contributed by atoms with E-state index in [1.165, 1.54) is 25.7 Å². The highest BCUT2D eigenvalue weighted by atomic mass is 16.4. The van der Waals surface area contributed by atoms with Gasteiger partial charge in [-0.3, -0.25) is 4.68 Å². The van der Waals surface area contributed by atoms with E-state index in [1.54, 1.807) is 6.20 Å². The summed E-state index contributed by atoms with van der Waals surface area (Å²) < 4.78 is 7.59. The smallest absolute Gasteiger partial charge is 0.208 e. The highest BCUT2D eigenvalue weighted by Gasteiger charge is 2.26. The van der Waals surface area contributed by atoms with Crippen LogP contribution in [0.15, 0.2) is 29.1 Å². The lowest BCUT2D eigenvalue weighted by Gasteiger charge is -2.32. The Bertz CT molecular complexity index is 505. The van der Waals surface area contributed by atoms with Crippen LogP contribution in [-0.2, 0) is 6.54 Å². The number of nitrogens with zero attached hydrogens (tertiary/aromatic N) is 3. The fourth-order valence-electron chi connectivity index (χ4n) is 2.84. The molecule has 5 heteroatoms. The maximum absolute atomic E-state index is 5.50. The second-order valence-corrected chi connectivity index (χ2v) is 5.19. The van der Waals surface area contributed by atoms with E-state index in [-0.39, 0.29) is 0 Å². The van der Waals surface area contributed by atoms with Gasteiger partial charge in [-0.05, 0) is 25.8 Å². The Morgan fingerprint density at radius 1 is 1.42 bits per heavy atom. The molecule has 2 atom stereocenters. The highest BCUT2D eigenvalue weighted by molar-refractivity contribution is 4.93. The lowest BCUT2D eigenvalue weighted by Crippen LogP contribution is -2.39. The molecule has 1 N–H and O–H groups in total. The first kappa shape index (κ1) is 12.4. The van der Waals surface area contributed by atoms with Gasteiger partial charge in [-0.25, -0.2) is 4.98 Å². The van der Waals surface area contributed by atoms with E-state index < -0.39 is 0 Å². The fraction of sp³-hybridized carbons (Fsp3) is 0.571. The molecule has 2 heterocycles. The molecule has 0 amide bonds. The van der Waals surface area contributed by atoms with Crippen LogP contribution in [0.25, 0.3) is 0 Å². The van der Waals surface area contributed by atoms with Crippen LogP contribution in [0.4, 0.5) is 0 Å². The lowest BCUT2D eigenvalue weighted by atomic mass is 9.90. The normalized spacial score (nSPS) is 23.6. The van der Waals surface area contributed by atoms with E-state index in [4.69, 9.17) is 4.42 Å². The van der Waals surface area contributed by atoms with Gasteiger partial charge in [0.15, 0.2) is 0 Å². The van der Waals surface area contributed by atoms with E-state index in [0.717, 1.165) is 11.7 Å². The van der Waals surface area contributed by atoms with Gasteiger partial charge in [0.2, 0.25) is 5.89 Å². The van der Waals surface area contributed by atoms with Crippen LogP contribution < -0.4 is 5.32 Å². The van der Waals surface area contributed by atoms with Gasteiger partial charge in [-0.15, -0.1) is 0 Å². The Hall–Kier alpha value is -1.62. The summed E-state index contributed by atoms with van der Waals surface area (Å²) in [5, 5.41) is 7.96. The molecule has 1 fully saturated rings. The molecule has 0 aliphatic heterocycles. The summed E-state index contributed by atoms with van der Waals surface area (Å²) in [6, 6.07) is 2.88. The molecule has 0 spiro atoms. The van der Waals surface area contributed by atoms with Gasteiger partial charge in [-0.2, -0.15) is 5.10 Å². The Labute approximate surface area is 113 Å². The number of nitrogens with one attached hydrogen (secondary N) is 1. The molecule has 102 valence electrons. The summed E-state index contributed by atoms with van der Waals surface area (Å²) in [6.45, 7) is 2.61. The Morgan fingerprint density at radius 3 is 3.05 bits per heavy atom. The molecule has 1 saturated carbocycles. The first-order chi connectivity index (χ1) is 9.33. The topological polar surface area (TPSA) is 55.9 Å². The van der Waals surface area contributed by atoms with Crippen molar-refractivity contribution in [1.82, 2.24) is 20.1 Å². The third-order valence-corrected chi connectivity index (χ3v) is 3.78. The average molecular weight is 260 g/mol. The summed E-state index contributed by atoms with van der Waals surface area (Å²) in [7, 11) is 0. The zero-order valence-corrected chi connectivity index (χ0v) is 11.2. The van der Waals surface area contributed by atoms with Crippen molar-refractivity contribution in [3.05, 3.63) is 36.3 Å². The van der Waals surface area contributed by atoms with Gasteiger partial charge in [-0.1, -0.05) is 12.8 Å². The minimum atomic E-state index is 0.444. The first-order valence-electron chi connectivity index (χ1n) is 6.97. The quantitative estimate of drug-likeness (QED) is 0.917. The van der Waals surface area contributed by atoms with Crippen molar-refractivity contribution in [2.75, 3.05) is 0 Å². The number of rotatable bonds is 4. The first-order valence-corrected chi connectivity index (χ1v) is 6.97. The van der Waals surface area contributed by atoms with Crippen LogP contribution in [0.3, 0.4) is 0 Å². The molecule has 0 bridgehead atoms. The summed E-state index contributed by atoms with van der Waals surface area (Å²) in [4.78, 5) is 4.24. The standard InChI is InChI=1S/C14H20N4O/c1-11-9-16-14(19-11)10-15-12-5-2-3-6-13(12)18-8-4-7-17-18/h4,7-9,12-13,15H,2-3,5-6,10H2,1H3/t12-,13-/m0/s1. The second kappa shape index (κ2) is 5.57. The number of hydrogen-bond acceptors (Lipinski definition) is 4. The molecule has 0 unspecified atom stereocenters. The molecule has 0 radical (unpaired) electrons. The second-order valence-electron chi connectivity index (χ2n) is 5.19. The van der Waals surface area contributed by atoms with E-state index in [1.807, 2.05) is 19.2 Å². The van der Waals surface area contributed by atoms with Crippen molar-refractivity contribution >= 4 is 0 Å². The third kappa shape index (κ3) is 2.87. The largest absolute Gasteiger partial charge is 0.445 e. The van der Waals surface area contributed by atoms with Gasteiger partial charge < -0.3 is 9.73 Å². The van der Waals surface area contributed by atoms with Gasteiger partial charge in [0.05, 0.1) is 18.8 Å². The van der Waals surface area contributed by atoms with Gasteiger partial charge in [0.25, 0.3) is 0 Å². The molecule has 1 aliphatic rings. The minimum Gasteiger partial charge on any atom is -0.445 e. The third-order valence-electron chi connectivity index (χ3n) is 3.78. The maximum atomic E-state index is 5.50. The number of oxazole rings is 1. The number of hydrogen-bond donors (Lipinski definition) is 1. The fourth-order valence-corrected chi connectivity index (χ4v) is 2.84. The van der Waals surface area contributed by atoms with Crippen LogP contribution in [0.5, 0.6) is 0 Å². The lowest BCUT2D eigenvalue weighted by molar-refractivity contribution is 0.239. The van der Waals surface area contributed by atoms with Crippen LogP contribution >= 0.6 is 0 Å². The van der Waals surface area contributed by atoms with Gasteiger partial charge in [0.1, 0.15) is 5.76 Å². The molecule has 19 heavy (non-hydrogen) atoms. The summed E-state index contributed by atoms with van der Waals surface area (Å²) in [5.74, 6) is 1.63. The molecule has 2 aromatic rings. The minimum absolute atomic E-state index is 0.444. The predicted octanol–water partition coefficient (Wildman–Crippen LogP) is 2.45. The van der Waals surface area contributed by atoms with Crippen molar-refractivity contribution in [2.24, 2.45) is 0 Å². The monoisotopic (exact) mass is 260 g/mol. The Kier molecular flexibility index (Phi) is 3.64. The number of aromatic nitrogens is 3. The average Bonchev–Trinajstić information content (AvgIpc) is 3.08. The molecule has 3 rings (SSSR count). The summed E-state index contributed by atoms with van der Waals surface area (Å²) in [6.07, 6.45) is 10.6. The van der Waals surface area contributed by atoms with E-state index in [9.17, 15) is 0 Å². The maximum Gasteiger partial charge on any atom is 0.208 e. The SMILES string of the molecule is Cc1cnc(CN[C@H]2CCCC[C@@H]2n2cccn2)o1. The summed E-state index contributed by atoms with van der Waals surface area (Å²) in [5.41, 5.74) is 0. The van der Waals surface area contributed by atoms with E-state index in [0.29, 0.717) is 18.6 Å². The molecule has 1 aliphatic carbocycles.